The molecule has 13 heavy (non-hydrogen) atoms. The van der Waals surface area contributed by atoms with Gasteiger partial charge < -0.3 is 9.47 Å². The van der Waals surface area contributed by atoms with Crippen molar-refractivity contribution in [1.29, 1.82) is 0 Å². The van der Waals surface area contributed by atoms with Gasteiger partial charge in [0.15, 0.2) is 0 Å². The lowest BCUT2D eigenvalue weighted by molar-refractivity contribution is -0.120. The van der Waals surface area contributed by atoms with Crippen molar-refractivity contribution < 1.29 is 14.3 Å². The number of methoxy groups -OCH3 is 1. The molecule has 3 heteroatoms. The van der Waals surface area contributed by atoms with Gasteiger partial charge in [-0.15, -0.1) is 0 Å². The van der Waals surface area contributed by atoms with E-state index < -0.39 is 0 Å². The van der Waals surface area contributed by atoms with Gasteiger partial charge in [-0.1, -0.05) is 6.92 Å². The summed E-state index contributed by atoms with van der Waals surface area (Å²) in [5.74, 6) is 0.271. The van der Waals surface area contributed by atoms with Crippen LogP contribution in [0.15, 0.2) is 0 Å². The van der Waals surface area contributed by atoms with Crippen LogP contribution < -0.4 is 0 Å². The molecule has 0 atom stereocenters. The molecule has 0 fully saturated rings. The molecule has 0 aliphatic heterocycles. The van der Waals surface area contributed by atoms with E-state index in [1.54, 1.807) is 7.11 Å². The maximum absolute atomic E-state index is 11.1. The summed E-state index contributed by atoms with van der Waals surface area (Å²) < 4.78 is 10.1. The van der Waals surface area contributed by atoms with Crippen molar-refractivity contribution in [3.05, 3.63) is 0 Å². The average molecular weight is 188 g/mol. The SMILES string of the molecule is CCCOCCC(=O)CCCOC. The summed E-state index contributed by atoms with van der Waals surface area (Å²) >= 11 is 0. The average Bonchev–Trinajstić information content (AvgIpc) is 2.13. The van der Waals surface area contributed by atoms with Crippen LogP contribution in [0.1, 0.15) is 32.6 Å². The van der Waals surface area contributed by atoms with Crippen LogP contribution in [0.4, 0.5) is 0 Å². The molecule has 0 saturated carbocycles. The van der Waals surface area contributed by atoms with E-state index in [9.17, 15) is 4.79 Å². The number of hydrogen-bond donors (Lipinski definition) is 0. The number of ketones is 1. The molecule has 3 nitrogen and oxygen atoms in total. The van der Waals surface area contributed by atoms with E-state index in [-0.39, 0.29) is 5.78 Å². The zero-order valence-corrected chi connectivity index (χ0v) is 8.67. The topological polar surface area (TPSA) is 35.5 Å². The van der Waals surface area contributed by atoms with Crippen molar-refractivity contribution in [3.8, 4) is 0 Å². The lowest BCUT2D eigenvalue weighted by Gasteiger charge is -2.01. The minimum Gasteiger partial charge on any atom is -0.385 e. The second kappa shape index (κ2) is 9.68. The molecule has 0 aromatic heterocycles. The van der Waals surface area contributed by atoms with E-state index in [0.29, 0.717) is 26.1 Å². The Hall–Kier alpha value is -0.410. The number of carbonyl (C=O) groups is 1. The van der Waals surface area contributed by atoms with E-state index in [4.69, 9.17) is 9.47 Å². The van der Waals surface area contributed by atoms with Crippen LogP contribution in [0, 0.1) is 0 Å². The van der Waals surface area contributed by atoms with E-state index in [1.807, 2.05) is 0 Å². The predicted molar refractivity (Wildman–Crippen MR) is 51.8 cm³/mol. The first-order chi connectivity index (χ1) is 6.31. The number of ether oxygens (including phenoxy) is 2. The highest BCUT2D eigenvalue weighted by Crippen LogP contribution is 1.96. The highest BCUT2D eigenvalue weighted by atomic mass is 16.5. The molecule has 0 bridgehead atoms. The minimum absolute atomic E-state index is 0.271. The highest BCUT2D eigenvalue weighted by molar-refractivity contribution is 5.78. The summed E-state index contributed by atoms with van der Waals surface area (Å²) in [6.45, 7) is 4.05. The number of Topliss-reactive ketones (excluding diaryl/α,β-unsaturated/α-hetero) is 1. The van der Waals surface area contributed by atoms with Gasteiger partial charge in [0, 0.05) is 33.2 Å². The smallest absolute Gasteiger partial charge is 0.135 e. The highest BCUT2D eigenvalue weighted by Gasteiger charge is 2.00. The number of carbonyl (C=O) groups excluding carboxylic acids is 1. The van der Waals surface area contributed by atoms with Crippen LogP contribution in [0.2, 0.25) is 0 Å². The van der Waals surface area contributed by atoms with Gasteiger partial charge in [0.05, 0.1) is 6.61 Å². The van der Waals surface area contributed by atoms with Gasteiger partial charge in [0.2, 0.25) is 0 Å². The van der Waals surface area contributed by atoms with Crippen molar-refractivity contribution >= 4 is 5.78 Å². The third-order valence-electron chi connectivity index (χ3n) is 1.68. The van der Waals surface area contributed by atoms with E-state index in [2.05, 4.69) is 6.92 Å². The molecule has 0 amide bonds. The van der Waals surface area contributed by atoms with Crippen LogP contribution in [0.3, 0.4) is 0 Å². The summed E-state index contributed by atoms with van der Waals surface area (Å²) in [5, 5.41) is 0. The van der Waals surface area contributed by atoms with Crippen LogP contribution in [-0.2, 0) is 14.3 Å². The van der Waals surface area contributed by atoms with Gasteiger partial charge >= 0.3 is 0 Å². The van der Waals surface area contributed by atoms with Crippen molar-refractivity contribution in [2.75, 3.05) is 26.9 Å². The van der Waals surface area contributed by atoms with E-state index in [0.717, 1.165) is 19.4 Å². The molecule has 0 heterocycles. The second-order valence-electron chi connectivity index (χ2n) is 3.00. The molecule has 0 aliphatic rings. The third-order valence-corrected chi connectivity index (χ3v) is 1.68. The van der Waals surface area contributed by atoms with Gasteiger partial charge in [0.1, 0.15) is 5.78 Å². The zero-order chi connectivity index (χ0) is 9.94. The van der Waals surface area contributed by atoms with Gasteiger partial charge in [-0.05, 0) is 12.8 Å². The quantitative estimate of drug-likeness (QED) is 0.517. The van der Waals surface area contributed by atoms with Crippen molar-refractivity contribution in [2.24, 2.45) is 0 Å². The monoisotopic (exact) mass is 188 g/mol. The minimum atomic E-state index is 0.271. The van der Waals surface area contributed by atoms with Gasteiger partial charge in [-0.3, -0.25) is 4.79 Å². The summed E-state index contributed by atoms with van der Waals surface area (Å²) in [7, 11) is 1.65. The Morgan fingerprint density at radius 2 is 1.92 bits per heavy atom. The fourth-order valence-electron chi connectivity index (χ4n) is 0.971. The molecule has 0 aromatic rings. The molecular weight excluding hydrogens is 168 g/mol. The molecule has 0 unspecified atom stereocenters. The molecule has 0 spiro atoms. The predicted octanol–water partition coefficient (Wildman–Crippen LogP) is 1.80. The Morgan fingerprint density at radius 3 is 2.54 bits per heavy atom. The van der Waals surface area contributed by atoms with Crippen LogP contribution in [-0.4, -0.2) is 32.7 Å². The van der Waals surface area contributed by atoms with E-state index in [1.165, 1.54) is 0 Å². The summed E-state index contributed by atoms with van der Waals surface area (Å²) in [6, 6.07) is 0. The Balaban J connectivity index is 3.11. The summed E-state index contributed by atoms with van der Waals surface area (Å²) in [6.07, 6.45) is 2.99. The largest absolute Gasteiger partial charge is 0.385 e. The van der Waals surface area contributed by atoms with Crippen molar-refractivity contribution in [3.63, 3.8) is 0 Å². The molecule has 0 saturated heterocycles. The first kappa shape index (κ1) is 12.6. The van der Waals surface area contributed by atoms with Gasteiger partial charge in [-0.2, -0.15) is 0 Å². The Labute approximate surface area is 80.4 Å². The van der Waals surface area contributed by atoms with Gasteiger partial charge in [-0.25, -0.2) is 0 Å². The standard InChI is InChI=1S/C10H20O3/c1-3-7-13-9-6-10(11)5-4-8-12-2/h3-9H2,1-2H3. The maximum atomic E-state index is 11.1. The zero-order valence-electron chi connectivity index (χ0n) is 8.67. The number of rotatable bonds is 9. The van der Waals surface area contributed by atoms with E-state index >= 15 is 0 Å². The summed E-state index contributed by atoms with van der Waals surface area (Å²) in [4.78, 5) is 11.1. The Bertz CT molecular complexity index is 123. The Kier molecular flexibility index (Phi) is 9.37. The fraction of sp³-hybridized carbons (Fsp3) is 0.900. The van der Waals surface area contributed by atoms with Crippen molar-refractivity contribution in [2.45, 2.75) is 32.6 Å². The molecule has 0 rings (SSSR count). The Morgan fingerprint density at radius 1 is 1.15 bits per heavy atom. The second-order valence-corrected chi connectivity index (χ2v) is 3.00. The molecule has 0 aliphatic carbocycles. The molecular formula is C10H20O3. The molecule has 0 N–H and O–H groups in total. The molecule has 0 radical (unpaired) electrons. The number of hydrogen-bond acceptors (Lipinski definition) is 3. The van der Waals surface area contributed by atoms with Crippen LogP contribution >= 0.6 is 0 Å². The van der Waals surface area contributed by atoms with Crippen LogP contribution in [0.5, 0.6) is 0 Å². The normalized spacial score (nSPS) is 10.3. The lowest BCUT2D eigenvalue weighted by atomic mass is 10.2. The lowest BCUT2D eigenvalue weighted by Crippen LogP contribution is -2.05. The van der Waals surface area contributed by atoms with Gasteiger partial charge in [0.25, 0.3) is 0 Å². The fourth-order valence-corrected chi connectivity index (χ4v) is 0.971. The maximum Gasteiger partial charge on any atom is 0.135 e. The molecule has 0 aromatic carbocycles. The van der Waals surface area contributed by atoms with Crippen molar-refractivity contribution in [1.82, 2.24) is 0 Å². The van der Waals surface area contributed by atoms with Crippen LogP contribution in [0.25, 0.3) is 0 Å². The molecule has 78 valence electrons. The summed E-state index contributed by atoms with van der Waals surface area (Å²) in [5.41, 5.74) is 0. The third kappa shape index (κ3) is 9.50. The first-order valence-electron chi connectivity index (χ1n) is 4.89. The first-order valence-corrected chi connectivity index (χ1v) is 4.89.